The highest BCUT2D eigenvalue weighted by Crippen LogP contribution is 2.23. The predicted octanol–water partition coefficient (Wildman–Crippen LogP) is 1.23. The number of hydrogen-bond acceptors (Lipinski definition) is 4. The molecule has 1 aliphatic heterocycles. The standard InChI is InChI=1S/C17H23N3O3/c1-17(2,10-19(3)4)9-18-14(21)11-6-7-12-13(8-11)16(23)20(5)15(12)22/h6-8H,9-10H2,1-5H3,(H,18,21). The van der Waals surface area contributed by atoms with Crippen LogP contribution in [0.15, 0.2) is 18.2 Å². The van der Waals surface area contributed by atoms with Gasteiger partial charge < -0.3 is 10.2 Å². The van der Waals surface area contributed by atoms with Gasteiger partial charge in [0, 0.05) is 25.7 Å². The third-order valence-electron chi connectivity index (χ3n) is 3.82. The van der Waals surface area contributed by atoms with Crippen LogP contribution in [0.2, 0.25) is 0 Å². The van der Waals surface area contributed by atoms with Crippen molar-refractivity contribution in [3.63, 3.8) is 0 Å². The zero-order valence-electron chi connectivity index (χ0n) is 14.3. The first kappa shape index (κ1) is 17.1. The van der Waals surface area contributed by atoms with Gasteiger partial charge in [-0.3, -0.25) is 19.3 Å². The summed E-state index contributed by atoms with van der Waals surface area (Å²) < 4.78 is 0. The number of amides is 3. The van der Waals surface area contributed by atoms with Crippen molar-refractivity contribution in [2.45, 2.75) is 13.8 Å². The second-order valence-corrected chi connectivity index (χ2v) is 7.01. The molecule has 1 aliphatic rings. The minimum absolute atomic E-state index is 0.0676. The molecule has 2 rings (SSSR count). The number of benzene rings is 1. The molecule has 0 radical (unpaired) electrons. The Morgan fingerprint density at radius 3 is 2.39 bits per heavy atom. The van der Waals surface area contributed by atoms with Crippen LogP contribution in [0.5, 0.6) is 0 Å². The van der Waals surface area contributed by atoms with Crippen molar-refractivity contribution in [1.82, 2.24) is 15.1 Å². The van der Waals surface area contributed by atoms with Crippen molar-refractivity contribution >= 4 is 17.7 Å². The smallest absolute Gasteiger partial charge is 0.261 e. The maximum atomic E-state index is 12.3. The number of fused-ring (bicyclic) bond motifs is 1. The van der Waals surface area contributed by atoms with Crippen molar-refractivity contribution in [2.75, 3.05) is 34.2 Å². The number of carbonyl (C=O) groups is 3. The Morgan fingerprint density at radius 2 is 1.78 bits per heavy atom. The molecule has 0 unspecified atom stereocenters. The quantitative estimate of drug-likeness (QED) is 0.829. The number of imide groups is 1. The van der Waals surface area contributed by atoms with Crippen molar-refractivity contribution in [2.24, 2.45) is 5.41 Å². The van der Waals surface area contributed by atoms with Crippen LogP contribution < -0.4 is 5.32 Å². The summed E-state index contributed by atoms with van der Waals surface area (Å²) in [6.45, 7) is 5.52. The van der Waals surface area contributed by atoms with Crippen LogP contribution in [0.1, 0.15) is 44.9 Å². The molecule has 124 valence electrons. The summed E-state index contributed by atoms with van der Waals surface area (Å²) in [5, 5.41) is 2.90. The fraction of sp³-hybridized carbons (Fsp3) is 0.471. The van der Waals surface area contributed by atoms with Gasteiger partial charge in [-0.2, -0.15) is 0 Å². The first-order valence-electron chi connectivity index (χ1n) is 7.52. The monoisotopic (exact) mass is 317 g/mol. The second-order valence-electron chi connectivity index (χ2n) is 7.01. The molecule has 0 saturated carbocycles. The van der Waals surface area contributed by atoms with Crippen LogP contribution in [0.25, 0.3) is 0 Å². The van der Waals surface area contributed by atoms with Crippen molar-refractivity contribution in [3.8, 4) is 0 Å². The van der Waals surface area contributed by atoms with E-state index in [9.17, 15) is 14.4 Å². The fourth-order valence-corrected chi connectivity index (χ4v) is 2.84. The molecule has 6 heteroatoms. The summed E-state index contributed by atoms with van der Waals surface area (Å²) >= 11 is 0. The molecule has 0 aromatic heterocycles. The van der Waals surface area contributed by atoms with Gasteiger partial charge in [-0.1, -0.05) is 13.8 Å². The minimum atomic E-state index is -0.368. The lowest BCUT2D eigenvalue weighted by Gasteiger charge is -2.28. The van der Waals surface area contributed by atoms with Gasteiger partial charge in [-0.15, -0.1) is 0 Å². The largest absolute Gasteiger partial charge is 0.351 e. The van der Waals surface area contributed by atoms with Crippen molar-refractivity contribution < 1.29 is 14.4 Å². The molecule has 1 N–H and O–H groups in total. The van der Waals surface area contributed by atoms with Crippen molar-refractivity contribution in [3.05, 3.63) is 34.9 Å². The molecule has 0 saturated heterocycles. The lowest BCUT2D eigenvalue weighted by molar-refractivity contribution is 0.0693. The van der Waals surface area contributed by atoms with E-state index in [-0.39, 0.29) is 28.7 Å². The Hall–Kier alpha value is -2.21. The number of nitrogens with one attached hydrogen (secondary N) is 1. The van der Waals surface area contributed by atoms with E-state index in [1.54, 1.807) is 12.1 Å². The fourth-order valence-electron chi connectivity index (χ4n) is 2.84. The van der Waals surface area contributed by atoms with Gasteiger partial charge in [0.15, 0.2) is 0 Å². The maximum absolute atomic E-state index is 12.3. The van der Waals surface area contributed by atoms with Gasteiger partial charge in [-0.25, -0.2) is 0 Å². The second kappa shape index (κ2) is 6.12. The Labute approximate surface area is 136 Å². The van der Waals surface area contributed by atoms with Crippen LogP contribution in [0.3, 0.4) is 0 Å². The van der Waals surface area contributed by atoms with E-state index in [2.05, 4.69) is 24.1 Å². The molecule has 0 atom stereocenters. The van der Waals surface area contributed by atoms with E-state index in [4.69, 9.17) is 0 Å². The molecule has 6 nitrogen and oxygen atoms in total. The molecular formula is C17H23N3O3. The summed E-state index contributed by atoms with van der Waals surface area (Å²) in [6, 6.07) is 4.61. The van der Waals surface area contributed by atoms with E-state index >= 15 is 0 Å². The van der Waals surface area contributed by atoms with E-state index < -0.39 is 0 Å². The Kier molecular flexibility index (Phi) is 4.56. The Balaban J connectivity index is 2.11. The third-order valence-corrected chi connectivity index (χ3v) is 3.82. The molecule has 0 bridgehead atoms. The number of rotatable bonds is 5. The first-order valence-corrected chi connectivity index (χ1v) is 7.52. The predicted molar refractivity (Wildman–Crippen MR) is 87.5 cm³/mol. The highest BCUT2D eigenvalue weighted by molar-refractivity contribution is 6.21. The lowest BCUT2D eigenvalue weighted by atomic mass is 9.93. The summed E-state index contributed by atoms with van der Waals surface area (Å²) in [7, 11) is 5.42. The van der Waals surface area contributed by atoms with Crippen LogP contribution in [-0.4, -0.2) is 61.8 Å². The normalized spacial score (nSPS) is 14.4. The summed E-state index contributed by atoms with van der Waals surface area (Å²) in [5.74, 6) is -0.939. The number of nitrogens with zero attached hydrogens (tertiary/aromatic N) is 2. The van der Waals surface area contributed by atoms with Gasteiger partial charge in [0.2, 0.25) is 0 Å². The third kappa shape index (κ3) is 3.59. The maximum Gasteiger partial charge on any atom is 0.261 e. The average molecular weight is 317 g/mol. The van der Waals surface area contributed by atoms with Gasteiger partial charge >= 0.3 is 0 Å². The number of carbonyl (C=O) groups excluding carboxylic acids is 3. The average Bonchev–Trinajstić information content (AvgIpc) is 2.68. The molecule has 3 amide bonds. The van der Waals surface area contributed by atoms with E-state index in [1.165, 1.54) is 13.1 Å². The Bertz CT molecular complexity index is 665. The zero-order chi connectivity index (χ0) is 17.4. The van der Waals surface area contributed by atoms with Gasteiger partial charge in [0.05, 0.1) is 11.1 Å². The van der Waals surface area contributed by atoms with Crippen molar-refractivity contribution in [1.29, 1.82) is 0 Å². The first-order chi connectivity index (χ1) is 10.6. The molecule has 0 aliphatic carbocycles. The molecule has 1 aromatic carbocycles. The van der Waals surface area contributed by atoms with Gasteiger partial charge in [0.25, 0.3) is 17.7 Å². The number of hydrogen-bond donors (Lipinski definition) is 1. The summed E-state index contributed by atoms with van der Waals surface area (Å²) in [6.07, 6.45) is 0. The topological polar surface area (TPSA) is 69.7 Å². The summed E-state index contributed by atoms with van der Waals surface area (Å²) in [5.41, 5.74) is 0.961. The Morgan fingerprint density at radius 1 is 1.17 bits per heavy atom. The van der Waals surface area contributed by atoms with E-state index in [0.717, 1.165) is 11.4 Å². The van der Waals surface area contributed by atoms with Crippen LogP contribution in [0, 0.1) is 5.41 Å². The van der Waals surface area contributed by atoms with Crippen LogP contribution in [0.4, 0.5) is 0 Å². The lowest BCUT2D eigenvalue weighted by Crippen LogP contribution is -2.40. The molecular weight excluding hydrogens is 294 g/mol. The van der Waals surface area contributed by atoms with Crippen LogP contribution >= 0.6 is 0 Å². The molecule has 0 spiro atoms. The SMILES string of the molecule is CN(C)CC(C)(C)CNC(=O)c1ccc2c(c1)C(=O)N(C)C2=O. The minimum Gasteiger partial charge on any atom is -0.351 e. The molecule has 23 heavy (non-hydrogen) atoms. The zero-order valence-corrected chi connectivity index (χ0v) is 14.3. The van der Waals surface area contributed by atoms with E-state index in [1.807, 2.05) is 14.1 Å². The van der Waals surface area contributed by atoms with Crippen LogP contribution in [-0.2, 0) is 0 Å². The van der Waals surface area contributed by atoms with E-state index in [0.29, 0.717) is 17.7 Å². The van der Waals surface area contributed by atoms with Gasteiger partial charge in [0.1, 0.15) is 0 Å². The van der Waals surface area contributed by atoms with Gasteiger partial charge in [-0.05, 0) is 37.7 Å². The molecule has 0 fully saturated rings. The highest BCUT2D eigenvalue weighted by Gasteiger charge is 2.33. The molecule has 1 aromatic rings. The highest BCUT2D eigenvalue weighted by atomic mass is 16.2. The molecule has 1 heterocycles. The summed E-state index contributed by atoms with van der Waals surface area (Å²) in [4.78, 5) is 39.3.